The molecule has 1 fully saturated rings. The number of aromatic nitrogens is 1. The van der Waals surface area contributed by atoms with Crippen molar-refractivity contribution in [1.82, 2.24) is 15.2 Å². The number of morpholine rings is 1. The molecule has 1 aliphatic rings. The number of nitrogens with one attached hydrogen (secondary N) is 1. The molecule has 1 saturated heterocycles. The Morgan fingerprint density at radius 3 is 2.81 bits per heavy atom. The molecular weight excluding hydrogens is 346 g/mol. The van der Waals surface area contributed by atoms with Gasteiger partial charge >= 0.3 is 0 Å². The van der Waals surface area contributed by atoms with Gasteiger partial charge < -0.3 is 10.1 Å². The highest BCUT2D eigenvalue weighted by atomic mass is 32.1. The number of benzene rings is 1. The maximum atomic E-state index is 12.0. The van der Waals surface area contributed by atoms with Crippen LogP contribution in [0.4, 0.5) is 0 Å². The van der Waals surface area contributed by atoms with Crippen molar-refractivity contribution in [3.63, 3.8) is 0 Å². The van der Waals surface area contributed by atoms with Gasteiger partial charge in [0.1, 0.15) is 5.01 Å². The summed E-state index contributed by atoms with van der Waals surface area (Å²) >= 11 is 1.62. The smallest absolute Gasteiger partial charge is 0.220 e. The maximum Gasteiger partial charge on any atom is 0.220 e. The summed E-state index contributed by atoms with van der Waals surface area (Å²) < 4.78 is 5.37. The third-order valence-corrected chi connectivity index (χ3v) is 5.39. The quantitative estimate of drug-likeness (QED) is 0.687. The molecule has 1 aromatic heterocycles. The van der Waals surface area contributed by atoms with Gasteiger partial charge in [-0.05, 0) is 24.8 Å². The van der Waals surface area contributed by atoms with E-state index in [4.69, 9.17) is 4.74 Å². The average molecular weight is 374 g/mol. The number of ether oxygens (including phenoxy) is 1. The van der Waals surface area contributed by atoms with Crippen LogP contribution in [-0.2, 0) is 29.0 Å². The predicted octanol–water partition coefficient (Wildman–Crippen LogP) is 3.00. The second-order valence-corrected chi connectivity index (χ2v) is 7.53. The molecule has 0 atom stereocenters. The Kier molecular flexibility index (Phi) is 7.61. The number of unbranched alkanes of at least 4 members (excludes halogenated alkanes) is 1. The molecule has 0 bridgehead atoms. The zero-order valence-corrected chi connectivity index (χ0v) is 16.0. The highest BCUT2D eigenvalue weighted by Gasteiger charge is 2.12. The van der Waals surface area contributed by atoms with Crippen molar-refractivity contribution in [1.29, 1.82) is 0 Å². The molecule has 2 aromatic rings. The van der Waals surface area contributed by atoms with Gasteiger partial charge in [-0.25, -0.2) is 4.98 Å². The van der Waals surface area contributed by atoms with Gasteiger partial charge in [-0.1, -0.05) is 30.3 Å². The van der Waals surface area contributed by atoms with E-state index in [0.717, 1.165) is 62.8 Å². The van der Waals surface area contributed by atoms with Crippen molar-refractivity contribution >= 4 is 17.2 Å². The fourth-order valence-electron chi connectivity index (χ4n) is 3.01. The molecule has 6 heteroatoms. The molecule has 140 valence electrons. The van der Waals surface area contributed by atoms with Crippen molar-refractivity contribution in [2.24, 2.45) is 0 Å². The van der Waals surface area contributed by atoms with Crippen molar-refractivity contribution < 1.29 is 9.53 Å². The van der Waals surface area contributed by atoms with Crippen molar-refractivity contribution in [2.75, 3.05) is 26.3 Å². The summed E-state index contributed by atoms with van der Waals surface area (Å²) in [6.07, 6.45) is 3.57. The van der Waals surface area contributed by atoms with E-state index in [1.807, 2.05) is 6.07 Å². The molecule has 0 radical (unpaired) electrons. The summed E-state index contributed by atoms with van der Waals surface area (Å²) in [6, 6.07) is 10.4. The Bertz CT molecular complexity index is 669. The molecule has 1 N–H and O–H groups in total. The van der Waals surface area contributed by atoms with Crippen molar-refractivity contribution in [3.05, 3.63) is 52.0 Å². The average Bonchev–Trinajstić information content (AvgIpc) is 3.12. The third-order valence-electron chi connectivity index (χ3n) is 4.49. The van der Waals surface area contributed by atoms with Gasteiger partial charge in [0.2, 0.25) is 5.91 Å². The lowest BCUT2D eigenvalue weighted by atomic mass is 10.1. The molecule has 0 spiro atoms. The Morgan fingerprint density at radius 1 is 1.19 bits per heavy atom. The summed E-state index contributed by atoms with van der Waals surface area (Å²) in [5.41, 5.74) is 2.42. The van der Waals surface area contributed by atoms with E-state index >= 15 is 0 Å². The van der Waals surface area contributed by atoms with E-state index in [2.05, 4.69) is 44.8 Å². The molecular formula is C20H27N3O2S. The summed E-state index contributed by atoms with van der Waals surface area (Å²) in [5.74, 6) is 0.114. The molecule has 1 aliphatic heterocycles. The number of hydrogen-bond donors (Lipinski definition) is 1. The van der Waals surface area contributed by atoms with Crippen molar-refractivity contribution in [3.8, 4) is 0 Å². The first kappa shape index (κ1) is 19.0. The SMILES string of the molecule is O=C(CCCCc1ccccc1)NCc1nc(CN2CCOCC2)cs1. The molecule has 0 unspecified atom stereocenters. The Labute approximate surface area is 159 Å². The zero-order valence-electron chi connectivity index (χ0n) is 15.2. The Balaban J connectivity index is 1.30. The Hall–Kier alpha value is -1.76. The second-order valence-electron chi connectivity index (χ2n) is 6.59. The number of aryl methyl sites for hydroxylation is 1. The minimum Gasteiger partial charge on any atom is -0.379 e. The highest BCUT2D eigenvalue weighted by molar-refractivity contribution is 7.09. The molecule has 0 aliphatic carbocycles. The number of nitrogens with zero attached hydrogens (tertiary/aromatic N) is 2. The van der Waals surface area contributed by atoms with Crippen LogP contribution in [0.1, 0.15) is 35.5 Å². The molecule has 26 heavy (non-hydrogen) atoms. The monoisotopic (exact) mass is 373 g/mol. The van der Waals surface area contributed by atoms with E-state index in [9.17, 15) is 4.79 Å². The Morgan fingerprint density at radius 2 is 2.00 bits per heavy atom. The van der Waals surface area contributed by atoms with Gasteiger partial charge in [-0.2, -0.15) is 0 Å². The van der Waals surface area contributed by atoms with Gasteiger partial charge in [0.25, 0.3) is 0 Å². The van der Waals surface area contributed by atoms with Crippen LogP contribution >= 0.6 is 11.3 Å². The highest BCUT2D eigenvalue weighted by Crippen LogP contribution is 2.13. The van der Waals surface area contributed by atoms with Crippen LogP contribution in [0.25, 0.3) is 0 Å². The van der Waals surface area contributed by atoms with Crippen LogP contribution in [0.2, 0.25) is 0 Å². The number of thiazole rings is 1. The molecule has 1 amide bonds. The van der Waals surface area contributed by atoms with Crippen LogP contribution < -0.4 is 5.32 Å². The summed E-state index contributed by atoms with van der Waals surface area (Å²) in [6.45, 7) is 4.94. The van der Waals surface area contributed by atoms with Gasteiger partial charge in [-0.3, -0.25) is 9.69 Å². The van der Waals surface area contributed by atoms with Crippen LogP contribution in [-0.4, -0.2) is 42.1 Å². The summed E-state index contributed by atoms with van der Waals surface area (Å²) in [7, 11) is 0. The fraction of sp³-hybridized carbons (Fsp3) is 0.500. The van der Waals surface area contributed by atoms with Crippen LogP contribution in [0, 0.1) is 0 Å². The van der Waals surface area contributed by atoms with Crippen LogP contribution in [0.15, 0.2) is 35.7 Å². The van der Waals surface area contributed by atoms with E-state index in [1.165, 1.54) is 5.56 Å². The number of carbonyl (C=O) groups is 1. The first-order valence-corrected chi connectivity index (χ1v) is 10.2. The molecule has 5 nitrogen and oxygen atoms in total. The largest absolute Gasteiger partial charge is 0.379 e. The standard InChI is InChI=1S/C20H27N3O2S/c24-19(9-5-4-8-17-6-2-1-3-7-17)21-14-20-22-18(16-26-20)15-23-10-12-25-13-11-23/h1-3,6-7,16H,4-5,8-15H2,(H,21,24). The number of hydrogen-bond acceptors (Lipinski definition) is 5. The maximum absolute atomic E-state index is 12.0. The van der Waals surface area contributed by atoms with Gasteiger partial charge in [0, 0.05) is 31.4 Å². The molecule has 1 aromatic carbocycles. The van der Waals surface area contributed by atoms with Crippen LogP contribution in [0.3, 0.4) is 0 Å². The molecule has 3 rings (SSSR count). The molecule has 0 saturated carbocycles. The van der Waals surface area contributed by atoms with Crippen LogP contribution in [0.5, 0.6) is 0 Å². The normalized spacial score (nSPS) is 15.1. The first-order chi connectivity index (χ1) is 12.8. The number of amides is 1. The fourth-order valence-corrected chi connectivity index (χ4v) is 3.74. The lowest BCUT2D eigenvalue weighted by Crippen LogP contribution is -2.35. The van der Waals surface area contributed by atoms with Gasteiger partial charge in [0.15, 0.2) is 0 Å². The summed E-state index contributed by atoms with van der Waals surface area (Å²) in [4.78, 5) is 19.0. The van der Waals surface area contributed by atoms with E-state index in [-0.39, 0.29) is 5.91 Å². The predicted molar refractivity (Wildman–Crippen MR) is 104 cm³/mol. The second kappa shape index (κ2) is 10.4. The van der Waals surface area contributed by atoms with E-state index in [1.54, 1.807) is 11.3 Å². The topological polar surface area (TPSA) is 54.5 Å². The molecule has 2 heterocycles. The lowest BCUT2D eigenvalue weighted by molar-refractivity contribution is -0.121. The zero-order chi connectivity index (χ0) is 18.0. The van der Waals surface area contributed by atoms with E-state index in [0.29, 0.717) is 13.0 Å². The minimum absolute atomic E-state index is 0.114. The van der Waals surface area contributed by atoms with Gasteiger partial charge in [-0.15, -0.1) is 11.3 Å². The number of carbonyl (C=O) groups excluding carboxylic acids is 1. The van der Waals surface area contributed by atoms with Gasteiger partial charge in [0.05, 0.1) is 25.5 Å². The van der Waals surface area contributed by atoms with E-state index < -0.39 is 0 Å². The summed E-state index contributed by atoms with van der Waals surface area (Å²) in [5, 5.41) is 6.06. The van der Waals surface area contributed by atoms with Crippen molar-refractivity contribution in [2.45, 2.75) is 38.8 Å². The number of rotatable bonds is 9. The first-order valence-electron chi connectivity index (χ1n) is 9.33. The third kappa shape index (κ3) is 6.52. The lowest BCUT2D eigenvalue weighted by Gasteiger charge is -2.25. The minimum atomic E-state index is 0.114.